The van der Waals surface area contributed by atoms with Crippen LogP contribution in [0.4, 0.5) is 0 Å². The van der Waals surface area contributed by atoms with E-state index in [2.05, 4.69) is 17.5 Å². The molecule has 6 heteroatoms. The molecule has 1 rings (SSSR count). The first-order valence-electron chi connectivity index (χ1n) is 4.48. The summed E-state index contributed by atoms with van der Waals surface area (Å²) in [7, 11) is 1.57. The summed E-state index contributed by atoms with van der Waals surface area (Å²) in [5.41, 5.74) is 5.13. The summed E-state index contributed by atoms with van der Waals surface area (Å²) in [4.78, 5) is 11.1. The second kappa shape index (κ2) is 5.92. The zero-order chi connectivity index (χ0) is 12.0. The molecule has 1 aromatic rings. The molecule has 0 saturated carbocycles. The molecule has 1 amide bonds. The third kappa shape index (κ3) is 4.14. The molecule has 0 radical (unpaired) electrons. The lowest BCUT2D eigenvalue weighted by Crippen LogP contribution is -2.37. The molecule has 0 aliphatic heterocycles. The van der Waals surface area contributed by atoms with Crippen LogP contribution in [0.5, 0.6) is 11.5 Å². The van der Waals surface area contributed by atoms with E-state index >= 15 is 0 Å². The first kappa shape index (κ1) is 12.3. The third-order valence-corrected chi connectivity index (χ3v) is 1.79. The van der Waals surface area contributed by atoms with Gasteiger partial charge in [-0.05, 0) is 36.5 Å². The number of thiocarbonyl (C=S) groups is 1. The SMILES string of the molecule is COc1ccc(OCC(=O)NC(N)=S)cc1. The van der Waals surface area contributed by atoms with Crippen molar-refractivity contribution in [3.8, 4) is 11.5 Å². The number of nitrogens with one attached hydrogen (secondary N) is 1. The highest BCUT2D eigenvalue weighted by Crippen LogP contribution is 2.16. The molecule has 0 spiro atoms. The van der Waals surface area contributed by atoms with Crippen molar-refractivity contribution in [3.63, 3.8) is 0 Å². The van der Waals surface area contributed by atoms with Crippen LogP contribution in [0.15, 0.2) is 24.3 Å². The minimum absolute atomic E-state index is 0.0664. The molecule has 0 fully saturated rings. The molecule has 5 nitrogen and oxygen atoms in total. The van der Waals surface area contributed by atoms with Crippen molar-refractivity contribution in [2.24, 2.45) is 5.73 Å². The van der Waals surface area contributed by atoms with Crippen LogP contribution in [0, 0.1) is 0 Å². The van der Waals surface area contributed by atoms with Crippen LogP contribution in [-0.4, -0.2) is 24.7 Å². The van der Waals surface area contributed by atoms with Crippen molar-refractivity contribution in [2.45, 2.75) is 0 Å². The Hall–Kier alpha value is -1.82. The van der Waals surface area contributed by atoms with Gasteiger partial charge in [0.2, 0.25) is 0 Å². The van der Waals surface area contributed by atoms with E-state index in [4.69, 9.17) is 15.2 Å². The number of rotatable bonds is 4. The Bertz CT molecular complexity index is 378. The van der Waals surface area contributed by atoms with Crippen LogP contribution in [-0.2, 0) is 4.79 Å². The zero-order valence-corrected chi connectivity index (χ0v) is 9.54. The second-order valence-electron chi connectivity index (χ2n) is 2.88. The van der Waals surface area contributed by atoms with Gasteiger partial charge in [-0.25, -0.2) is 0 Å². The van der Waals surface area contributed by atoms with Crippen LogP contribution < -0.4 is 20.5 Å². The number of hydrogen-bond donors (Lipinski definition) is 2. The number of benzene rings is 1. The molecule has 0 aliphatic rings. The van der Waals surface area contributed by atoms with Crippen molar-refractivity contribution in [3.05, 3.63) is 24.3 Å². The normalized spacial score (nSPS) is 9.31. The van der Waals surface area contributed by atoms with Gasteiger partial charge in [-0.15, -0.1) is 0 Å². The monoisotopic (exact) mass is 240 g/mol. The predicted octanol–water partition coefficient (Wildman–Crippen LogP) is 0.434. The van der Waals surface area contributed by atoms with E-state index in [1.165, 1.54) is 0 Å². The predicted molar refractivity (Wildman–Crippen MR) is 63.4 cm³/mol. The molecule has 0 aliphatic carbocycles. The fourth-order valence-corrected chi connectivity index (χ4v) is 1.11. The Balaban J connectivity index is 2.42. The Morgan fingerprint density at radius 3 is 2.44 bits per heavy atom. The lowest BCUT2D eigenvalue weighted by molar-refractivity contribution is -0.121. The highest BCUT2D eigenvalue weighted by Gasteiger charge is 2.03. The number of methoxy groups -OCH3 is 1. The summed E-state index contributed by atoms with van der Waals surface area (Å²) in [6.07, 6.45) is 0. The Kier molecular flexibility index (Phi) is 4.53. The van der Waals surface area contributed by atoms with Gasteiger partial charge in [-0.2, -0.15) is 0 Å². The van der Waals surface area contributed by atoms with E-state index in [0.29, 0.717) is 5.75 Å². The van der Waals surface area contributed by atoms with Crippen molar-refractivity contribution >= 4 is 23.2 Å². The summed E-state index contributed by atoms with van der Waals surface area (Å²) >= 11 is 4.51. The summed E-state index contributed by atoms with van der Waals surface area (Å²) < 4.78 is 10.2. The molecular formula is C10H12N2O3S. The maximum atomic E-state index is 11.1. The van der Waals surface area contributed by atoms with Gasteiger partial charge < -0.3 is 20.5 Å². The van der Waals surface area contributed by atoms with Crippen LogP contribution in [0.3, 0.4) is 0 Å². The highest BCUT2D eigenvalue weighted by atomic mass is 32.1. The standard InChI is InChI=1S/C10H12N2O3S/c1-14-7-2-4-8(5-3-7)15-6-9(13)12-10(11)16/h2-5H,6H2,1H3,(H3,11,12,13,16). The number of hydrogen-bond acceptors (Lipinski definition) is 4. The van der Waals surface area contributed by atoms with Crippen LogP contribution in [0.1, 0.15) is 0 Å². The average Bonchev–Trinajstić information content (AvgIpc) is 2.26. The van der Waals surface area contributed by atoms with Gasteiger partial charge in [-0.3, -0.25) is 4.79 Å². The quantitative estimate of drug-likeness (QED) is 0.747. The average molecular weight is 240 g/mol. The van der Waals surface area contributed by atoms with Crippen molar-refractivity contribution in [2.75, 3.05) is 13.7 Å². The molecule has 0 aromatic heterocycles. The molecule has 0 atom stereocenters. The van der Waals surface area contributed by atoms with Gasteiger partial charge in [-0.1, -0.05) is 0 Å². The summed E-state index contributed by atoms with van der Waals surface area (Å²) in [5, 5.41) is 2.19. The van der Waals surface area contributed by atoms with Gasteiger partial charge in [0.1, 0.15) is 11.5 Å². The molecule has 0 bridgehead atoms. The van der Waals surface area contributed by atoms with E-state index in [1.54, 1.807) is 31.4 Å². The Morgan fingerprint density at radius 1 is 1.38 bits per heavy atom. The van der Waals surface area contributed by atoms with Crippen LogP contribution in [0.2, 0.25) is 0 Å². The fourth-order valence-electron chi connectivity index (χ4n) is 0.994. The van der Waals surface area contributed by atoms with E-state index in [0.717, 1.165) is 5.75 Å². The Labute approximate surface area is 98.5 Å². The number of nitrogens with two attached hydrogens (primary N) is 1. The van der Waals surface area contributed by atoms with E-state index in [1.807, 2.05) is 0 Å². The minimum Gasteiger partial charge on any atom is -0.497 e. The molecule has 0 saturated heterocycles. The third-order valence-electron chi connectivity index (χ3n) is 1.69. The molecular weight excluding hydrogens is 228 g/mol. The lowest BCUT2D eigenvalue weighted by atomic mass is 10.3. The molecule has 16 heavy (non-hydrogen) atoms. The fraction of sp³-hybridized carbons (Fsp3) is 0.200. The summed E-state index contributed by atoms with van der Waals surface area (Å²) in [5.74, 6) is 0.905. The van der Waals surface area contributed by atoms with Crippen LogP contribution in [0.25, 0.3) is 0 Å². The highest BCUT2D eigenvalue weighted by molar-refractivity contribution is 7.80. The number of amides is 1. The zero-order valence-electron chi connectivity index (χ0n) is 8.73. The summed E-state index contributed by atoms with van der Waals surface area (Å²) in [6.45, 7) is -0.135. The first-order valence-corrected chi connectivity index (χ1v) is 4.89. The number of ether oxygens (including phenoxy) is 2. The van der Waals surface area contributed by atoms with Gasteiger partial charge in [0.05, 0.1) is 7.11 Å². The van der Waals surface area contributed by atoms with E-state index < -0.39 is 0 Å². The molecule has 0 heterocycles. The smallest absolute Gasteiger partial charge is 0.264 e. The largest absolute Gasteiger partial charge is 0.497 e. The Morgan fingerprint density at radius 2 is 1.94 bits per heavy atom. The summed E-state index contributed by atoms with van der Waals surface area (Å²) in [6, 6.07) is 6.88. The van der Waals surface area contributed by atoms with Crippen LogP contribution >= 0.6 is 12.2 Å². The molecule has 1 aromatic carbocycles. The second-order valence-corrected chi connectivity index (χ2v) is 3.32. The molecule has 0 unspecified atom stereocenters. The van der Waals surface area contributed by atoms with Crippen molar-refractivity contribution in [1.82, 2.24) is 5.32 Å². The minimum atomic E-state index is -0.386. The molecule has 86 valence electrons. The number of carbonyl (C=O) groups excluding carboxylic acids is 1. The van der Waals surface area contributed by atoms with Crippen molar-refractivity contribution in [1.29, 1.82) is 0 Å². The van der Waals surface area contributed by atoms with Gasteiger partial charge in [0, 0.05) is 0 Å². The van der Waals surface area contributed by atoms with E-state index in [-0.39, 0.29) is 17.6 Å². The lowest BCUT2D eigenvalue weighted by Gasteiger charge is -2.06. The van der Waals surface area contributed by atoms with Gasteiger partial charge >= 0.3 is 0 Å². The first-order chi connectivity index (χ1) is 7.61. The van der Waals surface area contributed by atoms with Crippen molar-refractivity contribution < 1.29 is 14.3 Å². The number of carbonyl (C=O) groups is 1. The van der Waals surface area contributed by atoms with Gasteiger partial charge in [0.25, 0.3) is 5.91 Å². The molecule has 3 N–H and O–H groups in total. The maximum absolute atomic E-state index is 11.1. The van der Waals surface area contributed by atoms with E-state index in [9.17, 15) is 4.79 Å². The maximum Gasteiger partial charge on any atom is 0.264 e. The van der Waals surface area contributed by atoms with Gasteiger partial charge in [0.15, 0.2) is 11.7 Å². The topological polar surface area (TPSA) is 73.6 Å².